The number of ketones is 1. The number of Topliss-reactive ketones (excluding diaryl/α,β-unsaturated/α-hetero) is 1. The lowest BCUT2D eigenvalue weighted by Crippen LogP contribution is -2.21. The molecule has 0 aromatic heterocycles. The first-order valence-corrected chi connectivity index (χ1v) is 4.45. The van der Waals surface area contributed by atoms with Gasteiger partial charge in [0.25, 0.3) is 0 Å². The van der Waals surface area contributed by atoms with E-state index in [-0.39, 0.29) is 5.56 Å². The van der Waals surface area contributed by atoms with Crippen LogP contribution in [0.2, 0.25) is 0 Å². The van der Waals surface area contributed by atoms with Crippen LogP contribution in [-0.4, -0.2) is 11.2 Å². The van der Waals surface area contributed by atoms with Gasteiger partial charge in [0.2, 0.25) is 5.78 Å². The second kappa shape index (κ2) is 3.72. The normalized spacial score (nSPS) is 11.4. The van der Waals surface area contributed by atoms with Crippen LogP contribution in [0.1, 0.15) is 10.4 Å². The zero-order valence-corrected chi connectivity index (χ0v) is 8.57. The molecule has 0 unspecified atom stereocenters. The maximum Gasteiger partial charge on any atom is 0.384 e. The summed E-state index contributed by atoms with van der Waals surface area (Å²) in [5.41, 5.74) is -0.116. The molecular weight excluding hydrogens is 265 g/mol. The summed E-state index contributed by atoms with van der Waals surface area (Å²) in [6, 6.07) is 5.69. The Bertz CT molecular complexity index is 335. The van der Waals surface area contributed by atoms with Crippen molar-refractivity contribution in [2.24, 2.45) is 0 Å². The molecule has 70 valence electrons. The molecule has 0 aliphatic heterocycles. The van der Waals surface area contributed by atoms with Crippen LogP contribution in [-0.2, 0) is 0 Å². The van der Waals surface area contributed by atoms with Gasteiger partial charge in [-0.3, -0.25) is 4.79 Å². The summed E-state index contributed by atoms with van der Waals surface area (Å²) >= 11 is 7.63. The number of alkyl halides is 3. The van der Waals surface area contributed by atoms with Crippen LogP contribution in [0.3, 0.4) is 0 Å². The minimum absolute atomic E-state index is 0.116. The number of carbonyl (C=O) groups excluding carboxylic acids is 1. The Balaban J connectivity index is 3.03. The van der Waals surface area contributed by atoms with Crippen LogP contribution in [0.4, 0.5) is 8.78 Å². The molecule has 0 aliphatic carbocycles. The molecule has 0 saturated carbocycles. The van der Waals surface area contributed by atoms with E-state index in [0.29, 0.717) is 4.47 Å². The summed E-state index contributed by atoms with van der Waals surface area (Å²) < 4.78 is 25.2. The fourth-order valence-corrected chi connectivity index (χ4v) is 1.30. The minimum Gasteiger partial charge on any atom is -0.286 e. The molecule has 0 atom stereocenters. The molecule has 0 aliphatic rings. The van der Waals surface area contributed by atoms with Crippen LogP contribution in [0.25, 0.3) is 0 Å². The lowest BCUT2D eigenvalue weighted by Gasteiger charge is -2.05. The third-order valence-electron chi connectivity index (χ3n) is 1.34. The van der Waals surface area contributed by atoms with Crippen LogP contribution >= 0.6 is 27.5 Å². The summed E-state index contributed by atoms with van der Waals surface area (Å²) in [6.45, 7) is 0. The minimum atomic E-state index is -3.83. The molecule has 5 heteroatoms. The zero-order chi connectivity index (χ0) is 10.1. The third kappa shape index (κ3) is 2.74. The van der Waals surface area contributed by atoms with Crippen molar-refractivity contribution in [1.29, 1.82) is 0 Å². The highest BCUT2D eigenvalue weighted by Gasteiger charge is 2.36. The third-order valence-corrected chi connectivity index (χ3v) is 2.01. The quantitative estimate of drug-likeness (QED) is 0.593. The molecule has 0 fully saturated rings. The van der Waals surface area contributed by atoms with Gasteiger partial charge in [0.05, 0.1) is 0 Å². The van der Waals surface area contributed by atoms with Crippen LogP contribution < -0.4 is 0 Å². The summed E-state index contributed by atoms with van der Waals surface area (Å²) in [7, 11) is 0. The Hall–Kier alpha value is -0.480. The van der Waals surface area contributed by atoms with Crippen LogP contribution in [0.5, 0.6) is 0 Å². The van der Waals surface area contributed by atoms with E-state index < -0.39 is 11.2 Å². The average molecular weight is 269 g/mol. The van der Waals surface area contributed by atoms with Crippen molar-refractivity contribution < 1.29 is 13.6 Å². The smallest absolute Gasteiger partial charge is 0.286 e. The van der Waals surface area contributed by atoms with Crippen LogP contribution in [0, 0.1) is 0 Å². The molecule has 0 saturated heterocycles. The monoisotopic (exact) mass is 268 g/mol. The molecule has 1 aromatic rings. The number of carbonyl (C=O) groups is 1. The van der Waals surface area contributed by atoms with Crippen molar-refractivity contribution in [3.05, 3.63) is 34.3 Å². The second-order valence-corrected chi connectivity index (χ2v) is 3.73. The predicted molar refractivity (Wildman–Crippen MR) is 49.3 cm³/mol. The first-order chi connectivity index (χ1) is 5.91. The lowest BCUT2D eigenvalue weighted by molar-refractivity contribution is 0.0536. The molecule has 1 nitrogen and oxygen atoms in total. The topological polar surface area (TPSA) is 17.1 Å². The van der Waals surface area contributed by atoms with E-state index in [1.165, 1.54) is 18.2 Å². The lowest BCUT2D eigenvalue weighted by atomic mass is 10.1. The van der Waals surface area contributed by atoms with Crippen molar-refractivity contribution in [3.63, 3.8) is 0 Å². The van der Waals surface area contributed by atoms with E-state index in [1.807, 2.05) is 0 Å². The Morgan fingerprint density at radius 1 is 1.46 bits per heavy atom. The number of rotatable bonds is 2. The Kier molecular flexibility index (Phi) is 3.03. The van der Waals surface area contributed by atoms with Gasteiger partial charge < -0.3 is 0 Å². The maximum absolute atomic E-state index is 12.3. The molecular formula is C8H4BrClF2O. The van der Waals surface area contributed by atoms with E-state index in [0.717, 1.165) is 0 Å². The summed E-state index contributed by atoms with van der Waals surface area (Å²) in [5, 5.41) is -3.83. The maximum atomic E-state index is 12.3. The van der Waals surface area contributed by atoms with Gasteiger partial charge in [-0.25, -0.2) is 0 Å². The summed E-state index contributed by atoms with van der Waals surface area (Å²) in [4.78, 5) is 10.9. The van der Waals surface area contributed by atoms with Gasteiger partial charge >= 0.3 is 5.38 Å². The first-order valence-electron chi connectivity index (χ1n) is 3.28. The Morgan fingerprint density at radius 3 is 2.54 bits per heavy atom. The van der Waals surface area contributed by atoms with E-state index in [4.69, 9.17) is 0 Å². The highest BCUT2D eigenvalue weighted by molar-refractivity contribution is 9.10. The SMILES string of the molecule is O=C(c1cccc(Br)c1)C(F)(F)Cl. The highest BCUT2D eigenvalue weighted by atomic mass is 79.9. The predicted octanol–water partition coefficient (Wildman–Crippen LogP) is 3.46. The van der Waals surface area contributed by atoms with Crippen LogP contribution in [0.15, 0.2) is 28.7 Å². The van der Waals surface area contributed by atoms with E-state index in [9.17, 15) is 13.6 Å². The highest BCUT2D eigenvalue weighted by Crippen LogP contribution is 2.25. The summed E-state index contributed by atoms with van der Waals surface area (Å²) in [5.74, 6) is -1.39. The fourth-order valence-electron chi connectivity index (χ4n) is 0.793. The largest absolute Gasteiger partial charge is 0.384 e. The van der Waals surface area contributed by atoms with E-state index >= 15 is 0 Å². The average Bonchev–Trinajstić information content (AvgIpc) is 2.01. The molecule has 1 aromatic carbocycles. The van der Waals surface area contributed by atoms with Gasteiger partial charge in [0.15, 0.2) is 0 Å². The Morgan fingerprint density at radius 2 is 2.08 bits per heavy atom. The molecule has 0 heterocycles. The second-order valence-electron chi connectivity index (χ2n) is 2.34. The van der Waals surface area contributed by atoms with Gasteiger partial charge in [-0.2, -0.15) is 8.78 Å². The van der Waals surface area contributed by atoms with Crippen molar-refractivity contribution in [2.45, 2.75) is 5.38 Å². The Labute approximate surface area is 86.8 Å². The standard InChI is InChI=1S/C8H4BrClF2O/c9-6-3-1-2-5(4-6)7(13)8(10,11)12/h1-4H. The van der Waals surface area contributed by atoms with Crippen molar-refractivity contribution in [1.82, 2.24) is 0 Å². The fraction of sp³-hybridized carbons (Fsp3) is 0.125. The molecule has 0 spiro atoms. The van der Waals surface area contributed by atoms with Crippen molar-refractivity contribution in [2.75, 3.05) is 0 Å². The summed E-state index contributed by atoms with van der Waals surface area (Å²) in [6.07, 6.45) is 0. The van der Waals surface area contributed by atoms with Gasteiger partial charge in [0, 0.05) is 10.0 Å². The first kappa shape index (κ1) is 10.6. The van der Waals surface area contributed by atoms with Gasteiger partial charge in [-0.05, 0) is 23.7 Å². The van der Waals surface area contributed by atoms with Crippen molar-refractivity contribution in [3.8, 4) is 0 Å². The number of hydrogen-bond acceptors (Lipinski definition) is 1. The number of benzene rings is 1. The zero-order valence-electron chi connectivity index (χ0n) is 6.23. The number of halogens is 4. The molecule has 0 radical (unpaired) electrons. The molecule has 0 N–H and O–H groups in total. The van der Waals surface area contributed by atoms with Gasteiger partial charge in [-0.15, -0.1) is 0 Å². The van der Waals surface area contributed by atoms with Gasteiger partial charge in [0.1, 0.15) is 0 Å². The molecule has 0 bridgehead atoms. The number of hydrogen-bond donors (Lipinski definition) is 0. The van der Waals surface area contributed by atoms with E-state index in [1.54, 1.807) is 6.07 Å². The molecule has 13 heavy (non-hydrogen) atoms. The molecule has 1 rings (SSSR count). The van der Waals surface area contributed by atoms with Crippen molar-refractivity contribution >= 4 is 33.3 Å². The molecule has 0 amide bonds. The van der Waals surface area contributed by atoms with E-state index in [2.05, 4.69) is 27.5 Å². The van der Waals surface area contributed by atoms with Gasteiger partial charge in [-0.1, -0.05) is 28.1 Å².